The van der Waals surface area contributed by atoms with Gasteiger partial charge < -0.3 is 9.64 Å². The normalized spacial score (nSPS) is 10.4. The molecular weight excluding hydrogens is 240 g/mol. The molecule has 0 aliphatic heterocycles. The third kappa shape index (κ3) is 3.77. The molecule has 1 rings (SSSR count). The highest BCUT2D eigenvalue weighted by molar-refractivity contribution is 5.93. The van der Waals surface area contributed by atoms with Crippen LogP contribution in [0.4, 0.5) is 14.5 Å². The van der Waals surface area contributed by atoms with Gasteiger partial charge >= 0.3 is 0 Å². The van der Waals surface area contributed by atoms with Crippen molar-refractivity contribution in [2.75, 3.05) is 25.2 Å². The first-order valence-corrected chi connectivity index (χ1v) is 5.84. The van der Waals surface area contributed by atoms with E-state index in [0.29, 0.717) is 31.7 Å². The number of nitrogens with zero attached hydrogens (tertiary/aromatic N) is 1. The zero-order valence-corrected chi connectivity index (χ0v) is 10.6. The van der Waals surface area contributed by atoms with Crippen LogP contribution in [0, 0.1) is 11.6 Å². The summed E-state index contributed by atoms with van der Waals surface area (Å²) in [6, 6.07) is 3.46. The molecule has 0 saturated carbocycles. The van der Waals surface area contributed by atoms with Gasteiger partial charge in [0.1, 0.15) is 0 Å². The molecule has 0 aliphatic rings. The van der Waals surface area contributed by atoms with E-state index in [1.165, 1.54) is 11.0 Å². The van der Waals surface area contributed by atoms with Crippen molar-refractivity contribution in [1.29, 1.82) is 0 Å². The first-order valence-electron chi connectivity index (χ1n) is 5.84. The van der Waals surface area contributed by atoms with Crippen molar-refractivity contribution in [3.05, 3.63) is 29.8 Å². The van der Waals surface area contributed by atoms with Crippen LogP contribution in [0.3, 0.4) is 0 Å². The number of ether oxygens (including phenoxy) is 1. The number of benzene rings is 1. The van der Waals surface area contributed by atoms with Gasteiger partial charge in [0.25, 0.3) is 0 Å². The average Bonchev–Trinajstić information content (AvgIpc) is 2.35. The van der Waals surface area contributed by atoms with E-state index >= 15 is 0 Å². The molecule has 0 aliphatic carbocycles. The Balaban J connectivity index is 2.75. The Morgan fingerprint density at radius 3 is 2.61 bits per heavy atom. The summed E-state index contributed by atoms with van der Waals surface area (Å²) < 4.78 is 30.8. The van der Waals surface area contributed by atoms with Gasteiger partial charge in [0.2, 0.25) is 5.91 Å². The lowest BCUT2D eigenvalue weighted by molar-refractivity contribution is -0.118. The molecule has 0 heterocycles. The van der Waals surface area contributed by atoms with Gasteiger partial charge in [-0.1, -0.05) is 0 Å². The Hall–Kier alpha value is -1.49. The predicted octanol–water partition coefficient (Wildman–Crippen LogP) is 2.74. The van der Waals surface area contributed by atoms with Crippen LogP contribution in [0.25, 0.3) is 0 Å². The van der Waals surface area contributed by atoms with Crippen LogP contribution in [0.15, 0.2) is 18.2 Å². The van der Waals surface area contributed by atoms with Crippen LogP contribution in [0.1, 0.15) is 19.8 Å². The predicted molar refractivity (Wildman–Crippen MR) is 65.5 cm³/mol. The first kappa shape index (κ1) is 14.6. The summed E-state index contributed by atoms with van der Waals surface area (Å²) in [5, 5.41) is 0. The second-order valence-corrected chi connectivity index (χ2v) is 3.83. The van der Waals surface area contributed by atoms with E-state index in [4.69, 9.17) is 4.74 Å². The fourth-order valence-electron chi connectivity index (χ4n) is 1.66. The Morgan fingerprint density at radius 2 is 2.06 bits per heavy atom. The van der Waals surface area contributed by atoms with Crippen molar-refractivity contribution in [1.82, 2.24) is 0 Å². The van der Waals surface area contributed by atoms with E-state index in [2.05, 4.69) is 0 Å². The minimum absolute atomic E-state index is 0.124. The van der Waals surface area contributed by atoms with E-state index in [-0.39, 0.29) is 5.91 Å². The number of hydrogen-bond acceptors (Lipinski definition) is 2. The molecule has 18 heavy (non-hydrogen) atoms. The maximum atomic E-state index is 13.1. The van der Waals surface area contributed by atoms with E-state index in [9.17, 15) is 13.6 Å². The lowest BCUT2D eigenvalue weighted by Crippen LogP contribution is -2.30. The SMILES string of the molecule is CCN(C(=O)CCCOC)c1ccc(F)c(F)c1. The number of anilines is 1. The molecular formula is C13H17F2NO2. The Bertz CT molecular complexity index is 410. The third-order valence-electron chi connectivity index (χ3n) is 2.57. The summed E-state index contributed by atoms with van der Waals surface area (Å²) in [7, 11) is 1.57. The van der Waals surface area contributed by atoms with Crippen molar-refractivity contribution in [3.8, 4) is 0 Å². The van der Waals surface area contributed by atoms with Crippen molar-refractivity contribution >= 4 is 11.6 Å². The Kier molecular flexibility index (Phi) is 5.71. The van der Waals surface area contributed by atoms with Crippen molar-refractivity contribution in [2.45, 2.75) is 19.8 Å². The minimum atomic E-state index is -0.948. The van der Waals surface area contributed by atoms with E-state index in [0.717, 1.165) is 12.1 Å². The zero-order valence-electron chi connectivity index (χ0n) is 10.6. The van der Waals surface area contributed by atoms with Gasteiger partial charge in [0.15, 0.2) is 11.6 Å². The van der Waals surface area contributed by atoms with E-state index < -0.39 is 11.6 Å². The summed E-state index contributed by atoms with van der Waals surface area (Å²) in [6.45, 7) is 2.70. The maximum absolute atomic E-state index is 13.1. The first-order chi connectivity index (χ1) is 8.60. The smallest absolute Gasteiger partial charge is 0.227 e. The summed E-state index contributed by atoms with van der Waals surface area (Å²) in [6.07, 6.45) is 0.927. The monoisotopic (exact) mass is 257 g/mol. The fraction of sp³-hybridized carbons (Fsp3) is 0.462. The molecule has 3 nitrogen and oxygen atoms in total. The van der Waals surface area contributed by atoms with Gasteiger partial charge in [0.05, 0.1) is 0 Å². The molecule has 100 valence electrons. The molecule has 0 N–H and O–H groups in total. The molecule has 0 fully saturated rings. The lowest BCUT2D eigenvalue weighted by atomic mass is 10.2. The van der Waals surface area contributed by atoms with Crippen LogP contribution in [0.2, 0.25) is 0 Å². The van der Waals surface area contributed by atoms with Crippen LogP contribution < -0.4 is 4.90 Å². The Labute approximate surface area is 105 Å². The highest BCUT2D eigenvalue weighted by atomic mass is 19.2. The molecule has 0 atom stereocenters. The number of carbonyl (C=O) groups excluding carboxylic acids is 1. The van der Waals surface area contributed by atoms with Gasteiger partial charge in [-0.2, -0.15) is 0 Å². The molecule has 0 unspecified atom stereocenters. The topological polar surface area (TPSA) is 29.5 Å². The Morgan fingerprint density at radius 1 is 1.33 bits per heavy atom. The molecule has 0 saturated heterocycles. The molecule has 5 heteroatoms. The number of rotatable bonds is 6. The highest BCUT2D eigenvalue weighted by Crippen LogP contribution is 2.19. The molecule has 0 bridgehead atoms. The van der Waals surface area contributed by atoms with Crippen LogP contribution >= 0.6 is 0 Å². The van der Waals surface area contributed by atoms with E-state index in [1.807, 2.05) is 0 Å². The van der Waals surface area contributed by atoms with Gasteiger partial charge in [0, 0.05) is 38.4 Å². The molecule has 0 radical (unpaired) electrons. The summed E-state index contributed by atoms with van der Waals surface area (Å²) in [4.78, 5) is 13.3. The van der Waals surface area contributed by atoms with E-state index in [1.54, 1.807) is 14.0 Å². The highest BCUT2D eigenvalue weighted by Gasteiger charge is 2.15. The van der Waals surface area contributed by atoms with Crippen LogP contribution in [-0.2, 0) is 9.53 Å². The van der Waals surface area contributed by atoms with Gasteiger partial charge in [-0.05, 0) is 25.5 Å². The third-order valence-corrected chi connectivity index (χ3v) is 2.57. The second-order valence-electron chi connectivity index (χ2n) is 3.83. The average molecular weight is 257 g/mol. The maximum Gasteiger partial charge on any atom is 0.227 e. The minimum Gasteiger partial charge on any atom is -0.385 e. The number of hydrogen-bond donors (Lipinski definition) is 0. The van der Waals surface area contributed by atoms with Crippen molar-refractivity contribution < 1.29 is 18.3 Å². The van der Waals surface area contributed by atoms with Gasteiger partial charge in [-0.3, -0.25) is 4.79 Å². The fourth-order valence-corrected chi connectivity index (χ4v) is 1.66. The van der Waals surface area contributed by atoms with Crippen molar-refractivity contribution in [2.24, 2.45) is 0 Å². The molecule has 1 aromatic rings. The van der Waals surface area contributed by atoms with Crippen LogP contribution in [-0.4, -0.2) is 26.2 Å². The van der Waals surface area contributed by atoms with Gasteiger partial charge in [-0.15, -0.1) is 0 Å². The molecule has 0 spiro atoms. The van der Waals surface area contributed by atoms with Crippen molar-refractivity contribution in [3.63, 3.8) is 0 Å². The molecule has 0 aromatic heterocycles. The van der Waals surface area contributed by atoms with Crippen LogP contribution in [0.5, 0.6) is 0 Å². The number of amides is 1. The summed E-state index contributed by atoms with van der Waals surface area (Å²) in [5.74, 6) is -1.99. The number of methoxy groups -OCH3 is 1. The lowest BCUT2D eigenvalue weighted by Gasteiger charge is -2.21. The number of carbonyl (C=O) groups is 1. The summed E-state index contributed by atoms with van der Waals surface area (Å²) in [5.41, 5.74) is 0.374. The number of halogens is 2. The quantitative estimate of drug-likeness (QED) is 0.733. The standard InChI is InChI=1S/C13H17F2NO2/c1-3-16(13(17)5-4-8-18-2)10-6-7-11(14)12(15)9-10/h6-7,9H,3-5,8H2,1-2H3. The molecule has 1 aromatic carbocycles. The van der Waals surface area contributed by atoms with Gasteiger partial charge in [-0.25, -0.2) is 8.78 Å². The summed E-state index contributed by atoms with van der Waals surface area (Å²) >= 11 is 0. The molecule has 1 amide bonds. The second kappa shape index (κ2) is 7.06. The largest absolute Gasteiger partial charge is 0.385 e. The zero-order chi connectivity index (χ0) is 13.5.